The molecule has 0 spiro atoms. The Balaban J connectivity index is 1.60. The molecule has 0 atom stereocenters. The lowest BCUT2D eigenvalue weighted by Gasteiger charge is -2.10. The molecule has 0 amide bonds. The standard InChI is InChI=1S/C17H14F2N6OS2/c1-24-16(26)12-8-4-2-3-5-9(8)27-15(12)20-17(24)28-11-7-6-10-21-22-14(13(18)19)25(10)23-11/h6-7,13H,2-5H2,1H3. The van der Waals surface area contributed by atoms with Crippen molar-refractivity contribution in [1.29, 1.82) is 0 Å². The van der Waals surface area contributed by atoms with Crippen LogP contribution in [0, 0.1) is 0 Å². The number of hydrogen-bond acceptors (Lipinski definition) is 7. The zero-order valence-electron chi connectivity index (χ0n) is 14.7. The highest BCUT2D eigenvalue weighted by atomic mass is 32.2. The number of rotatable bonds is 3. The predicted molar refractivity (Wildman–Crippen MR) is 101 cm³/mol. The third-order valence-corrected chi connectivity index (χ3v) is 6.97. The van der Waals surface area contributed by atoms with Crippen molar-refractivity contribution in [2.75, 3.05) is 0 Å². The van der Waals surface area contributed by atoms with E-state index in [1.54, 1.807) is 30.5 Å². The van der Waals surface area contributed by atoms with Gasteiger partial charge >= 0.3 is 0 Å². The third kappa shape index (κ3) is 2.72. The van der Waals surface area contributed by atoms with Crippen molar-refractivity contribution >= 4 is 39.0 Å². The van der Waals surface area contributed by atoms with Crippen LogP contribution in [0.3, 0.4) is 0 Å². The molecule has 0 aromatic carbocycles. The summed E-state index contributed by atoms with van der Waals surface area (Å²) in [4.78, 5) is 19.6. The SMILES string of the molecule is Cn1c(Sc2ccc3nnc(C(F)F)n3n2)nc2sc3c(c2c1=O)CCCC3. The van der Waals surface area contributed by atoms with E-state index >= 15 is 0 Å². The molecule has 0 N–H and O–H groups in total. The topological polar surface area (TPSA) is 78.0 Å². The summed E-state index contributed by atoms with van der Waals surface area (Å²) in [5.41, 5.74) is 1.30. The van der Waals surface area contributed by atoms with Crippen molar-refractivity contribution in [1.82, 2.24) is 29.4 Å². The van der Waals surface area contributed by atoms with Gasteiger partial charge < -0.3 is 0 Å². The monoisotopic (exact) mass is 420 g/mol. The molecular formula is C17H14F2N6OS2. The van der Waals surface area contributed by atoms with Crippen LogP contribution in [0.5, 0.6) is 0 Å². The van der Waals surface area contributed by atoms with Crippen molar-refractivity contribution in [2.45, 2.75) is 42.3 Å². The van der Waals surface area contributed by atoms with Crippen molar-refractivity contribution in [2.24, 2.45) is 7.05 Å². The predicted octanol–water partition coefficient (Wildman–Crippen LogP) is 3.40. The Bertz CT molecular complexity index is 1280. The van der Waals surface area contributed by atoms with Crippen LogP contribution >= 0.6 is 23.1 Å². The molecule has 5 rings (SSSR count). The van der Waals surface area contributed by atoms with Gasteiger partial charge in [-0.15, -0.1) is 21.5 Å². The first-order valence-corrected chi connectivity index (χ1v) is 10.4. The van der Waals surface area contributed by atoms with Crippen molar-refractivity contribution < 1.29 is 8.78 Å². The highest BCUT2D eigenvalue weighted by molar-refractivity contribution is 7.99. The molecule has 11 heteroatoms. The lowest BCUT2D eigenvalue weighted by Crippen LogP contribution is -2.20. The average molecular weight is 420 g/mol. The van der Waals surface area contributed by atoms with E-state index in [1.807, 2.05) is 0 Å². The average Bonchev–Trinajstić information content (AvgIpc) is 3.26. The van der Waals surface area contributed by atoms with E-state index in [0.29, 0.717) is 15.6 Å². The molecule has 0 fully saturated rings. The van der Waals surface area contributed by atoms with Crippen LogP contribution in [0.2, 0.25) is 0 Å². The fraction of sp³-hybridized carbons (Fsp3) is 0.353. The minimum atomic E-state index is -2.78. The van der Waals surface area contributed by atoms with Gasteiger partial charge in [0.1, 0.15) is 9.86 Å². The second kappa shape index (κ2) is 6.59. The van der Waals surface area contributed by atoms with E-state index in [9.17, 15) is 13.6 Å². The number of aromatic nitrogens is 6. The Morgan fingerprint density at radius 3 is 2.86 bits per heavy atom. The summed E-state index contributed by atoms with van der Waals surface area (Å²) in [6.45, 7) is 0. The minimum Gasteiger partial charge on any atom is -0.290 e. The van der Waals surface area contributed by atoms with E-state index in [-0.39, 0.29) is 11.2 Å². The third-order valence-electron chi connectivity index (χ3n) is 4.81. The maximum atomic E-state index is 13.1. The van der Waals surface area contributed by atoms with Crippen LogP contribution in [-0.2, 0) is 19.9 Å². The van der Waals surface area contributed by atoms with Crippen molar-refractivity contribution in [3.63, 3.8) is 0 Å². The van der Waals surface area contributed by atoms with Crippen LogP contribution in [0.25, 0.3) is 15.9 Å². The van der Waals surface area contributed by atoms with Crippen LogP contribution in [0.15, 0.2) is 27.1 Å². The zero-order valence-corrected chi connectivity index (χ0v) is 16.4. The summed E-state index contributed by atoms with van der Waals surface area (Å²) in [5.74, 6) is -0.513. The molecule has 4 heterocycles. The molecule has 0 bridgehead atoms. The highest BCUT2D eigenvalue weighted by Crippen LogP contribution is 2.35. The Labute approximate surface area is 165 Å². The highest BCUT2D eigenvalue weighted by Gasteiger charge is 2.22. The Morgan fingerprint density at radius 1 is 1.21 bits per heavy atom. The first-order valence-electron chi connectivity index (χ1n) is 8.72. The second-order valence-corrected chi connectivity index (χ2v) is 8.62. The molecule has 1 aliphatic carbocycles. The van der Waals surface area contributed by atoms with Crippen molar-refractivity contribution in [3.05, 3.63) is 38.8 Å². The molecule has 144 valence electrons. The summed E-state index contributed by atoms with van der Waals surface area (Å²) in [6.07, 6.45) is 1.36. The van der Waals surface area contributed by atoms with Gasteiger partial charge in [-0.25, -0.2) is 13.8 Å². The van der Waals surface area contributed by atoms with Gasteiger partial charge in [0, 0.05) is 11.9 Å². The summed E-state index contributed by atoms with van der Waals surface area (Å²) < 4.78 is 28.7. The number of nitrogens with zero attached hydrogens (tertiary/aromatic N) is 6. The molecule has 4 aromatic heterocycles. The molecule has 0 unspecified atom stereocenters. The van der Waals surface area contributed by atoms with E-state index in [4.69, 9.17) is 0 Å². The van der Waals surface area contributed by atoms with Crippen molar-refractivity contribution in [3.8, 4) is 0 Å². The van der Waals surface area contributed by atoms with Gasteiger partial charge in [-0.1, -0.05) is 0 Å². The first-order chi connectivity index (χ1) is 13.5. The van der Waals surface area contributed by atoms with E-state index < -0.39 is 12.2 Å². The zero-order chi connectivity index (χ0) is 19.4. The normalized spacial score (nSPS) is 14.3. The van der Waals surface area contributed by atoms with Crippen LogP contribution in [0.1, 0.15) is 35.5 Å². The van der Waals surface area contributed by atoms with E-state index in [0.717, 1.165) is 52.4 Å². The summed E-state index contributed by atoms with van der Waals surface area (Å²) >= 11 is 2.73. The van der Waals surface area contributed by atoms with Gasteiger partial charge in [-0.2, -0.15) is 9.61 Å². The van der Waals surface area contributed by atoms with Gasteiger partial charge in [0.05, 0.1) is 5.39 Å². The Kier molecular flexibility index (Phi) is 4.16. The molecule has 4 aromatic rings. The molecule has 0 saturated heterocycles. The number of hydrogen-bond donors (Lipinski definition) is 0. The number of aryl methyl sites for hydroxylation is 2. The smallest absolute Gasteiger partial charge is 0.290 e. The lowest BCUT2D eigenvalue weighted by atomic mass is 9.97. The van der Waals surface area contributed by atoms with Gasteiger partial charge in [-0.05, 0) is 55.1 Å². The summed E-state index contributed by atoms with van der Waals surface area (Å²) in [6, 6.07) is 3.22. The summed E-state index contributed by atoms with van der Waals surface area (Å²) in [7, 11) is 1.67. The fourth-order valence-electron chi connectivity index (χ4n) is 3.43. The van der Waals surface area contributed by atoms with Gasteiger partial charge in [0.15, 0.2) is 10.8 Å². The van der Waals surface area contributed by atoms with Gasteiger partial charge in [-0.3, -0.25) is 9.36 Å². The van der Waals surface area contributed by atoms with E-state index in [2.05, 4.69) is 20.3 Å². The molecule has 1 aliphatic rings. The number of fused-ring (bicyclic) bond motifs is 4. The number of thiophene rings is 1. The van der Waals surface area contributed by atoms with Crippen LogP contribution in [-0.4, -0.2) is 29.4 Å². The number of alkyl halides is 2. The minimum absolute atomic E-state index is 0.0782. The van der Waals surface area contributed by atoms with Gasteiger partial charge in [0.25, 0.3) is 12.0 Å². The maximum Gasteiger partial charge on any atom is 0.299 e. The van der Waals surface area contributed by atoms with Gasteiger partial charge in [0.2, 0.25) is 5.82 Å². The Hall–Kier alpha value is -2.40. The lowest BCUT2D eigenvalue weighted by molar-refractivity contribution is 0.137. The quantitative estimate of drug-likeness (QED) is 0.473. The molecule has 0 aliphatic heterocycles. The molecule has 7 nitrogen and oxygen atoms in total. The van der Waals surface area contributed by atoms with Crippen LogP contribution < -0.4 is 5.56 Å². The summed E-state index contributed by atoms with van der Waals surface area (Å²) in [5, 5.41) is 13.0. The Morgan fingerprint density at radius 2 is 2.04 bits per heavy atom. The molecule has 28 heavy (non-hydrogen) atoms. The largest absolute Gasteiger partial charge is 0.299 e. The van der Waals surface area contributed by atoms with Crippen LogP contribution in [0.4, 0.5) is 8.78 Å². The first kappa shape index (κ1) is 17.7. The fourth-order valence-corrected chi connectivity index (χ4v) is 5.54. The second-order valence-electron chi connectivity index (χ2n) is 6.55. The molecule has 0 saturated carbocycles. The molecule has 0 radical (unpaired) electrons. The number of halogens is 2. The molecular weight excluding hydrogens is 406 g/mol. The maximum absolute atomic E-state index is 13.1. The van der Waals surface area contributed by atoms with E-state index in [1.165, 1.54) is 9.44 Å².